The molecule has 0 aromatic heterocycles. The highest BCUT2D eigenvalue weighted by molar-refractivity contribution is 9.10. The monoisotopic (exact) mass is 341 g/mol. The maximum absolute atomic E-state index is 11.8. The summed E-state index contributed by atoms with van der Waals surface area (Å²) < 4.78 is 31.6. The summed E-state index contributed by atoms with van der Waals surface area (Å²) in [6.07, 6.45) is -0.370. The topological polar surface area (TPSA) is 55.4 Å². The molecule has 1 atom stereocenters. The van der Waals surface area contributed by atoms with Crippen LogP contribution in [0.4, 0.5) is 5.69 Å². The summed E-state index contributed by atoms with van der Waals surface area (Å²) in [7, 11) is -1.98. The smallest absolute Gasteiger partial charge is 0.235 e. The van der Waals surface area contributed by atoms with Crippen LogP contribution in [-0.2, 0) is 14.8 Å². The molecule has 0 saturated carbocycles. The van der Waals surface area contributed by atoms with Crippen molar-refractivity contribution in [2.45, 2.75) is 13.0 Å². The molecule has 7 heteroatoms. The third-order valence-corrected chi connectivity index (χ3v) is 4.42. The first kappa shape index (κ1) is 14.8. The Kier molecular flexibility index (Phi) is 5.24. The van der Waals surface area contributed by atoms with E-state index in [1.807, 2.05) is 0 Å². The zero-order valence-electron chi connectivity index (χ0n) is 9.41. The normalized spacial score (nSPS) is 13.4. The Morgan fingerprint density at radius 2 is 2.18 bits per heavy atom. The summed E-state index contributed by atoms with van der Waals surface area (Å²) >= 11 is 9.05. The van der Waals surface area contributed by atoms with Crippen molar-refractivity contribution >= 4 is 43.2 Å². The van der Waals surface area contributed by atoms with Gasteiger partial charge in [-0.15, -0.1) is 0 Å². The third-order valence-electron chi connectivity index (χ3n) is 2.05. The van der Waals surface area contributed by atoms with E-state index in [9.17, 15) is 8.42 Å². The summed E-state index contributed by atoms with van der Waals surface area (Å²) in [5, 5.41) is 0.464. The second-order valence-electron chi connectivity index (χ2n) is 3.55. The van der Waals surface area contributed by atoms with Crippen molar-refractivity contribution in [2.75, 3.05) is 17.6 Å². The fraction of sp³-hybridized carbons (Fsp3) is 0.400. The predicted molar refractivity (Wildman–Crippen MR) is 73.0 cm³/mol. The highest BCUT2D eigenvalue weighted by Gasteiger charge is 2.16. The number of nitrogens with one attached hydrogen (secondary N) is 1. The summed E-state index contributed by atoms with van der Waals surface area (Å²) in [4.78, 5) is 0. The molecule has 0 aliphatic heterocycles. The lowest BCUT2D eigenvalue weighted by atomic mass is 10.3. The molecule has 0 heterocycles. The third kappa shape index (κ3) is 4.83. The first-order valence-corrected chi connectivity index (χ1v) is 7.64. The zero-order chi connectivity index (χ0) is 13.1. The lowest BCUT2D eigenvalue weighted by Crippen LogP contribution is -2.25. The standard InChI is InChI=1S/C10H13BrClNO3S/c1-7(16-2)6-17(14,15)13-10-5-8(12)3-4-9(10)11/h3-5,7,13H,6H2,1-2H3/t7-/m0/s1. The summed E-state index contributed by atoms with van der Waals surface area (Å²) in [5.74, 6) is -0.109. The molecule has 0 saturated heterocycles. The molecule has 0 fully saturated rings. The maximum atomic E-state index is 11.8. The highest BCUT2D eigenvalue weighted by atomic mass is 79.9. The minimum absolute atomic E-state index is 0.109. The number of hydrogen-bond donors (Lipinski definition) is 1. The van der Waals surface area contributed by atoms with E-state index in [4.69, 9.17) is 16.3 Å². The van der Waals surface area contributed by atoms with Gasteiger partial charge in [-0.05, 0) is 41.1 Å². The van der Waals surface area contributed by atoms with Gasteiger partial charge in [0, 0.05) is 16.6 Å². The van der Waals surface area contributed by atoms with E-state index in [-0.39, 0.29) is 11.9 Å². The molecule has 0 amide bonds. The van der Waals surface area contributed by atoms with Crippen LogP contribution >= 0.6 is 27.5 Å². The molecule has 0 unspecified atom stereocenters. The van der Waals surface area contributed by atoms with Crippen LogP contribution in [0.1, 0.15) is 6.92 Å². The van der Waals surface area contributed by atoms with Gasteiger partial charge < -0.3 is 4.74 Å². The molecule has 1 aromatic carbocycles. The van der Waals surface area contributed by atoms with Gasteiger partial charge in [0.1, 0.15) is 0 Å². The number of ether oxygens (including phenoxy) is 1. The fourth-order valence-corrected chi connectivity index (χ4v) is 3.15. The highest BCUT2D eigenvalue weighted by Crippen LogP contribution is 2.26. The number of sulfonamides is 1. The van der Waals surface area contributed by atoms with Crippen molar-refractivity contribution in [3.8, 4) is 0 Å². The largest absolute Gasteiger partial charge is 0.381 e. The number of anilines is 1. The summed E-state index contributed by atoms with van der Waals surface area (Å²) in [6.45, 7) is 1.69. The van der Waals surface area contributed by atoms with Crippen LogP contribution in [0.25, 0.3) is 0 Å². The molecule has 17 heavy (non-hydrogen) atoms. The van der Waals surface area contributed by atoms with E-state index in [1.54, 1.807) is 25.1 Å². The second-order valence-corrected chi connectivity index (χ2v) is 6.61. The van der Waals surface area contributed by atoms with Crippen LogP contribution in [0.2, 0.25) is 5.02 Å². The molecule has 0 aliphatic rings. The average molecular weight is 343 g/mol. The van der Waals surface area contributed by atoms with Gasteiger partial charge in [0.25, 0.3) is 0 Å². The molecule has 0 bridgehead atoms. The van der Waals surface area contributed by atoms with Gasteiger partial charge in [0.05, 0.1) is 17.5 Å². The minimum atomic E-state index is -3.45. The van der Waals surface area contributed by atoms with Crippen molar-refractivity contribution in [3.63, 3.8) is 0 Å². The van der Waals surface area contributed by atoms with E-state index in [1.165, 1.54) is 7.11 Å². The molecule has 96 valence electrons. The molecule has 0 aliphatic carbocycles. The Balaban J connectivity index is 2.86. The Labute approximate surface area is 114 Å². The van der Waals surface area contributed by atoms with E-state index in [2.05, 4.69) is 20.7 Å². The first-order valence-electron chi connectivity index (χ1n) is 4.82. The SMILES string of the molecule is CO[C@@H](C)CS(=O)(=O)Nc1cc(Cl)ccc1Br. The summed E-state index contributed by atoms with van der Waals surface area (Å²) in [6, 6.07) is 4.89. The minimum Gasteiger partial charge on any atom is -0.381 e. The van der Waals surface area contributed by atoms with E-state index in [0.717, 1.165) is 0 Å². The van der Waals surface area contributed by atoms with Crippen molar-refractivity contribution < 1.29 is 13.2 Å². The molecule has 0 spiro atoms. The molecule has 1 aromatic rings. The number of benzene rings is 1. The van der Waals surface area contributed by atoms with Crippen LogP contribution in [0.3, 0.4) is 0 Å². The van der Waals surface area contributed by atoms with Crippen molar-refractivity contribution in [2.24, 2.45) is 0 Å². The number of halogens is 2. The molecular weight excluding hydrogens is 330 g/mol. The lowest BCUT2D eigenvalue weighted by molar-refractivity contribution is 0.136. The Morgan fingerprint density at radius 3 is 2.76 bits per heavy atom. The first-order chi connectivity index (χ1) is 7.84. The maximum Gasteiger partial charge on any atom is 0.235 e. The number of hydrogen-bond acceptors (Lipinski definition) is 3. The summed E-state index contributed by atoms with van der Waals surface area (Å²) in [5.41, 5.74) is 0.417. The van der Waals surface area contributed by atoms with E-state index >= 15 is 0 Å². The molecule has 1 rings (SSSR count). The van der Waals surface area contributed by atoms with Crippen LogP contribution in [0.15, 0.2) is 22.7 Å². The Bertz CT molecular complexity index is 492. The van der Waals surface area contributed by atoms with Gasteiger partial charge >= 0.3 is 0 Å². The second kappa shape index (κ2) is 6.04. The predicted octanol–water partition coefficient (Wildman–Crippen LogP) is 2.88. The van der Waals surface area contributed by atoms with Crippen molar-refractivity contribution in [1.82, 2.24) is 0 Å². The van der Waals surface area contributed by atoms with E-state index < -0.39 is 10.0 Å². The van der Waals surface area contributed by atoms with Crippen LogP contribution in [0.5, 0.6) is 0 Å². The lowest BCUT2D eigenvalue weighted by Gasteiger charge is -2.13. The molecule has 4 nitrogen and oxygen atoms in total. The van der Waals surface area contributed by atoms with Crippen LogP contribution in [-0.4, -0.2) is 27.4 Å². The van der Waals surface area contributed by atoms with Crippen LogP contribution < -0.4 is 4.72 Å². The van der Waals surface area contributed by atoms with Crippen molar-refractivity contribution in [1.29, 1.82) is 0 Å². The van der Waals surface area contributed by atoms with Gasteiger partial charge in [0.2, 0.25) is 10.0 Å². The average Bonchev–Trinajstić information content (AvgIpc) is 2.22. The Morgan fingerprint density at radius 1 is 1.53 bits per heavy atom. The quantitative estimate of drug-likeness (QED) is 0.895. The number of methoxy groups -OCH3 is 1. The van der Waals surface area contributed by atoms with Gasteiger partial charge in [-0.1, -0.05) is 11.6 Å². The molecule has 0 radical (unpaired) electrons. The Hall–Kier alpha value is -0.300. The molecule has 1 N–H and O–H groups in total. The van der Waals surface area contributed by atoms with Gasteiger partial charge in [-0.2, -0.15) is 0 Å². The zero-order valence-corrected chi connectivity index (χ0v) is 12.6. The van der Waals surface area contributed by atoms with Crippen LogP contribution in [0, 0.1) is 0 Å². The fourth-order valence-electron chi connectivity index (χ4n) is 1.16. The van der Waals surface area contributed by atoms with Crippen molar-refractivity contribution in [3.05, 3.63) is 27.7 Å². The van der Waals surface area contributed by atoms with Gasteiger partial charge in [0.15, 0.2) is 0 Å². The molecular formula is C10H13BrClNO3S. The van der Waals surface area contributed by atoms with Gasteiger partial charge in [-0.25, -0.2) is 8.42 Å². The van der Waals surface area contributed by atoms with E-state index in [0.29, 0.717) is 15.2 Å². The number of rotatable bonds is 5. The van der Waals surface area contributed by atoms with Gasteiger partial charge in [-0.3, -0.25) is 4.72 Å².